The molecule has 1 aromatic rings. The van der Waals surface area contributed by atoms with E-state index < -0.39 is 0 Å². The lowest BCUT2D eigenvalue weighted by molar-refractivity contribution is 0.348. The summed E-state index contributed by atoms with van der Waals surface area (Å²) in [5.41, 5.74) is 7.23. The number of hydrogen-bond acceptors (Lipinski definition) is 3. The summed E-state index contributed by atoms with van der Waals surface area (Å²) in [5.74, 6) is 1.51. The van der Waals surface area contributed by atoms with Crippen molar-refractivity contribution in [2.24, 2.45) is 5.73 Å². The van der Waals surface area contributed by atoms with E-state index in [0.717, 1.165) is 29.9 Å². The summed E-state index contributed by atoms with van der Waals surface area (Å²) < 4.78 is 10.7. The van der Waals surface area contributed by atoms with Crippen LogP contribution in [0.1, 0.15) is 44.2 Å². The third-order valence-corrected chi connectivity index (χ3v) is 2.95. The van der Waals surface area contributed by atoms with Crippen molar-refractivity contribution in [3.05, 3.63) is 23.8 Å². The van der Waals surface area contributed by atoms with Crippen LogP contribution in [0.4, 0.5) is 0 Å². The largest absolute Gasteiger partial charge is 0.493 e. The highest BCUT2D eigenvalue weighted by atomic mass is 16.5. The average Bonchev–Trinajstić information content (AvgIpc) is 2.37. The second-order valence-corrected chi connectivity index (χ2v) is 4.19. The van der Waals surface area contributed by atoms with E-state index in [0.29, 0.717) is 0 Å². The van der Waals surface area contributed by atoms with Gasteiger partial charge in [-0.3, -0.25) is 0 Å². The minimum atomic E-state index is 0.0200. The molecule has 0 saturated heterocycles. The number of para-hydroxylation sites is 1. The maximum Gasteiger partial charge on any atom is 0.165 e. The molecule has 17 heavy (non-hydrogen) atoms. The highest BCUT2D eigenvalue weighted by Crippen LogP contribution is 2.35. The summed E-state index contributed by atoms with van der Waals surface area (Å²) in [4.78, 5) is 0. The lowest BCUT2D eigenvalue weighted by atomic mass is 10.00. The Morgan fingerprint density at radius 2 is 1.94 bits per heavy atom. The van der Waals surface area contributed by atoms with Crippen molar-refractivity contribution in [3.8, 4) is 11.5 Å². The minimum absolute atomic E-state index is 0.0200. The van der Waals surface area contributed by atoms with Gasteiger partial charge in [0.25, 0.3) is 0 Å². The van der Waals surface area contributed by atoms with E-state index >= 15 is 0 Å². The van der Waals surface area contributed by atoms with Crippen molar-refractivity contribution < 1.29 is 9.47 Å². The van der Waals surface area contributed by atoms with Crippen LogP contribution in [0.5, 0.6) is 11.5 Å². The molecule has 0 amide bonds. The molecule has 0 fully saturated rings. The van der Waals surface area contributed by atoms with Gasteiger partial charge in [0.2, 0.25) is 0 Å². The Bertz CT molecular complexity index is 339. The van der Waals surface area contributed by atoms with Crippen LogP contribution in [0.15, 0.2) is 18.2 Å². The molecule has 1 atom stereocenters. The maximum absolute atomic E-state index is 6.20. The molecule has 1 rings (SSSR count). The third kappa shape index (κ3) is 3.63. The zero-order valence-corrected chi connectivity index (χ0v) is 11.0. The van der Waals surface area contributed by atoms with Crippen LogP contribution in [-0.2, 0) is 0 Å². The first-order valence-electron chi connectivity index (χ1n) is 6.21. The first kappa shape index (κ1) is 13.8. The second-order valence-electron chi connectivity index (χ2n) is 4.19. The molecule has 3 nitrogen and oxygen atoms in total. The minimum Gasteiger partial charge on any atom is -0.493 e. The molecule has 0 saturated carbocycles. The highest BCUT2D eigenvalue weighted by molar-refractivity contribution is 5.47. The summed E-state index contributed by atoms with van der Waals surface area (Å²) in [6, 6.07) is 5.88. The standard InChI is InChI=1S/C14H23NO2/c1-4-5-6-9-12(15)11-8-7-10-13(16-2)14(11)17-3/h7-8,10,12H,4-6,9,15H2,1-3H3/t12-/m0/s1. The summed E-state index contributed by atoms with van der Waals surface area (Å²) in [6.07, 6.45) is 4.57. The molecule has 0 heterocycles. The Morgan fingerprint density at radius 1 is 1.18 bits per heavy atom. The Balaban J connectivity index is 2.81. The molecular formula is C14H23NO2. The molecule has 2 N–H and O–H groups in total. The van der Waals surface area contributed by atoms with Crippen molar-refractivity contribution in [3.63, 3.8) is 0 Å². The van der Waals surface area contributed by atoms with Crippen LogP contribution in [0, 0.1) is 0 Å². The Hall–Kier alpha value is -1.22. The number of benzene rings is 1. The number of hydrogen-bond donors (Lipinski definition) is 1. The van der Waals surface area contributed by atoms with Crippen LogP contribution in [-0.4, -0.2) is 14.2 Å². The molecule has 96 valence electrons. The first-order chi connectivity index (χ1) is 8.24. The van der Waals surface area contributed by atoms with E-state index in [-0.39, 0.29) is 6.04 Å². The molecule has 0 spiro atoms. The van der Waals surface area contributed by atoms with Gasteiger partial charge in [0.15, 0.2) is 11.5 Å². The smallest absolute Gasteiger partial charge is 0.165 e. The zero-order valence-electron chi connectivity index (χ0n) is 11.0. The molecule has 0 aliphatic rings. The molecule has 0 aliphatic heterocycles. The monoisotopic (exact) mass is 237 g/mol. The van der Waals surface area contributed by atoms with Crippen molar-refractivity contribution in [1.82, 2.24) is 0 Å². The fourth-order valence-corrected chi connectivity index (χ4v) is 1.97. The van der Waals surface area contributed by atoms with Gasteiger partial charge in [0.1, 0.15) is 0 Å². The van der Waals surface area contributed by atoms with Gasteiger partial charge in [-0.25, -0.2) is 0 Å². The summed E-state index contributed by atoms with van der Waals surface area (Å²) in [7, 11) is 3.30. The van der Waals surface area contributed by atoms with Crippen molar-refractivity contribution in [2.45, 2.75) is 38.6 Å². The number of unbranched alkanes of at least 4 members (excludes halogenated alkanes) is 2. The summed E-state index contributed by atoms with van der Waals surface area (Å²) in [5, 5.41) is 0. The molecule has 0 bridgehead atoms. The van der Waals surface area contributed by atoms with E-state index in [1.54, 1.807) is 14.2 Å². The SMILES string of the molecule is CCCCC[C@H](N)c1cccc(OC)c1OC. The van der Waals surface area contributed by atoms with Crippen molar-refractivity contribution in [2.75, 3.05) is 14.2 Å². The van der Waals surface area contributed by atoms with E-state index in [1.165, 1.54) is 12.8 Å². The maximum atomic E-state index is 6.20. The normalized spacial score (nSPS) is 12.2. The van der Waals surface area contributed by atoms with E-state index in [9.17, 15) is 0 Å². The van der Waals surface area contributed by atoms with Gasteiger partial charge in [0, 0.05) is 11.6 Å². The Kier molecular flexibility index (Phi) is 5.84. The van der Waals surface area contributed by atoms with E-state index in [1.807, 2.05) is 18.2 Å². The summed E-state index contributed by atoms with van der Waals surface area (Å²) >= 11 is 0. The van der Waals surface area contributed by atoms with Gasteiger partial charge < -0.3 is 15.2 Å². The van der Waals surface area contributed by atoms with Gasteiger partial charge in [-0.1, -0.05) is 38.3 Å². The first-order valence-corrected chi connectivity index (χ1v) is 6.21. The number of rotatable bonds is 7. The Morgan fingerprint density at radius 3 is 2.53 bits per heavy atom. The van der Waals surface area contributed by atoms with Crippen molar-refractivity contribution in [1.29, 1.82) is 0 Å². The topological polar surface area (TPSA) is 44.5 Å². The fourth-order valence-electron chi connectivity index (χ4n) is 1.97. The van der Waals surface area contributed by atoms with Gasteiger partial charge in [0.05, 0.1) is 14.2 Å². The molecular weight excluding hydrogens is 214 g/mol. The van der Waals surface area contributed by atoms with Crippen LogP contribution < -0.4 is 15.2 Å². The van der Waals surface area contributed by atoms with Crippen LogP contribution in [0.2, 0.25) is 0 Å². The lowest BCUT2D eigenvalue weighted by Gasteiger charge is -2.17. The summed E-state index contributed by atoms with van der Waals surface area (Å²) in [6.45, 7) is 2.19. The van der Waals surface area contributed by atoms with Gasteiger partial charge in [-0.15, -0.1) is 0 Å². The van der Waals surface area contributed by atoms with E-state index in [4.69, 9.17) is 15.2 Å². The fraction of sp³-hybridized carbons (Fsp3) is 0.571. The second kappa shape index (κ2) is 7.17. The lowest BCUT2D eigenvalue weighted by Crippen LogP contribution is -2.12. The predicted molar refractivity (Wildman–Crippen MR) is 70.6 cm³/mol. The predicted octanol–water partition coefficient (Wildman–Crippen LogP) is 3.28. The van der Waals surface area contributed by atoms with Crippen LogP contribution >= 0.6 is 0 Å². The zero-order chi connectivity index (χ0) is 12.7. The molecule has 0 aromatic heterocycles. The molecule has 0 aliphatic carbocycles. The number of methoxy groups -OCH3 is 2. The Labute approximate surface area is 104 Å². The third-order valence-electron chi connectivity index (χ3n) is 2.95. The quantitative estimate of drug-likeness (QED) is 0.740. The number of ether oxygens (including phenoxy) is 2. The molecule has 1 aromatic carbocycles. The van der Waals surface area contributed by atoms with Gasteiger partial charge in [-0.05, 0) is 12.5 Å². The van der Waals surface area contributed by atoms with E-state index in [2.05, 4.69) is 6.92 Å². The van der Waals surface area contributed by atoms with Crippen LogP contribution in [0.3, 0.4) is 0 Å². The van der Waals surface area contributed by atoms with Crippen molar-refractivity contribution >= 4 is 0 Å². The molecule has 0 radical (unpaired) electrons. The average molecular weight is 237 g/mol. The highest BCUT2D eigenvalue weighted by Gasteiger charge is 2.15. The van der Waals surface area contributed by atoms with Gasteiger partial charge >= 0.3 is 0 Å². The van der Waals surface area contributed by atoms with Gasteiger partial charge in [-0.2, -0.15) is 0 Å². The molecule has 3 heteroatoms. The molecule has 0 unspecified atom stereocenters. The number of nitrogens with two attached hydrogens (primary N) is 1. The van der Waals surface area contributed by atoms with Crippen LogP contribution in [0.25, 0.3) is 0 Å².